The zero-order valence-corrected chi connectivity index (χ0v) is 10.3. The molecule has 0 aliphatic carbocycles. The Labute approximate surface area is 111 Å². The number of primary amides is 1. The van der Waals surface area contributed by atoms with E-state index < -0.39 is 5.91 Å². The molecule has 2 aromatic carbocycles. The molecule has 2 rings (SSSR count). The first-order valence-electron chi connectivity index (χ1n) is 5.87. The van der Waals surface area contributed by atoms with Crippen LogP contribution in [0.3, 0.4) is 0 Å². The van der Waals surface area contributed by atoms with Crippen molar-refractivity contribution in [3.63, 3.8) is 0 Å². The van der Waals surface area contributed by atoms with Crippen LogP contribution >= 0.6 is 0 Å². The third kappa shape index (κ3) is 3.19. The molecule has 0 saturated carbocycles. The molecular weight excluding hydrogens is 240 g/mol. The molecule has 0 saturated heterocycles. The topological polar surface area (TPSA) is 72.2 Å². The second-order valence-electron chi connectivity index (χ2n) is 4.14. The summed E-state index contributed by atoms with van der Waals surface area (Å²) in [5, 5.41) is 2.57. The number of nitrogens with two attached hydrogens (primary N) is 1. The molecule has 0 aliphatic rings. The molecule has 2 aromatic rings. The van der Waals surface area contributed by atoms with Crippen LogP contribution in [0.25, 0.3) is 11.1 Å². The third-order valence-corrected chi connectivity index (χ3v) is 2.79. The van der Waals surface area contributed by atoms with Gasteiger partial charge in [-0.05, 0) is 28.8 Å². The zero-order valence-electron chi connectivity index (χ0n) is 10.3. The lowest BCUT2D eigenvalue weighted by molar-refractivity contribution is -0.117. The standard InChI is InChI=1S/C15H14N2O2/c16-15(19)9-13-8-12(6-7-14(13)17-10-18)11-4-2-1-3-5-11/h1-8,10H,9H2,(H2,16,19)(H,17,18). The van der Waals surface area contributed by atoms with Crippen molar-refractivity contribution in [3.05, 3.63) is 54.1 Å². The van der Waals surface area contributed by atoms with Crippen molar-refractivity contribution < 1.29 is 9.59 Å². The second kappa shape index (κ2) is 5.82. The monoisotopic (exact) mass is 254 g/mol. The van der Waals surface area contributed by atoms with Crippen molar-refractivity contribution in [1.29, 1.82) is 0 Å². The van der Waals surface area contributed by atoms with Crippen LogP contribution in [-0.4, -0.2) is 12.3 Å². The van der Waals surface area contributed by atoms with Crippen molar-refractivity contribution >= 4 is 18.0 Å². The highest BCUT2D eigenvalue weighted by molar-refractivity contribution is 5.83. The summed E-state index contributed by atoms with van der Waals surface area (Å²) in [6, 6.07) is 15.3. The van der Waals surface area contributed by atoms with Crippen LogP contribution < -0.4 is 11.1 Å². The summed E-state index contributed by atoms with van der Waals surface area (Å²) in [4.78, 5) is 21.6. The number of hydrogen-bond acceptors (Lipinski definition) is 2. The Morgan fingerprint density at radius 3 is 2.47 bits per heavy atom. The summed E-state index contributed by atoms with van der Waals surface area (Å²) in [5.74, 6) is -0.431. The predicted molar refractivity (Wildman–Crippen MR) is 74.5 cm³/mol. The van der Waals surface area contributed by atoms with Crippen molar-refractivity contribution in [1.82, 2.24) is 0 Å². The first-order chi connectivity index (χ1) is 9.20. The Morgan fingerprint density at radius 1 is 1.11 bits per heavy atom. The fourth-order valence-electron chi connectivity index (χ4n) is 1.94. The minimum absolute atomic E-state index is 0.0941. The molecule has 2 amide bonds. The molecule has 96 valence electrons. The summed E-state index contributed by atoms with van der Waals surface area (Å²) in [6.07, 6.45) is 0.679. The lowest BCUT2D eigenvalue weighted by Gasteiger charge is -2.10. The van der Waals surface area contributed by atoms with Crippen molar-refractivity contribution in [3.8, 4) is 11.1 Å². The van der Waals surface area contributed by atoms with Crippen LogP contribution in [0.2, 0.25) is 0 Å². The average molecular weight is 254 g/mol. The molecule has 0 bridgehead atoms. The van der Waals surface area contributed by atoms with Gasteiger partial charge in [0.15, 0.2) is 0 Å². The highest BCUT2D eigenvalue weighted by Crippen LogP contribution is 2.25. The minimum Gasteiger partial charge on any atom is -0.369 e. The number of carbonyl (C=O) groups is 2. The fraction of sp³-hybridized carbons (Fsp3) is 0.0667. The summed E-state index contributed by atoms with van der Waals surface area (Å²) in [5.41, 5.74) is 8.56. The molecule has 0 atom stereocenters. The van der Waals surface area contributed by atoms with Gasteiger partial charge < -0.3 is 11.1 Å². The van der Waals surface area contributed by atoms with Crippen molar-refractivity contribution in [2.24, 2.45) is 5.73 Å². The largest absolute Gasteiger partial charge is 0.369 e. The number of rotatable bonds is 5. The van der Waals surface area contributed by atoms with Crippen molar-refractivity contribution in [2.45, 2.75) is 6.42 Å². The minimum atomic E-state index is -0.431. The van der Waals surface area contributed by atoms with Gasteiger partial charge in [0.2, 0.25) is 12.3 Å². The van der Waals surface area contributed by atoms with Gasteiger partial charge in [-0.3, -0.25) is 9.59 Å². The van der Waals surface area contributed by atoms with E-state index in [1.807, 2.05) is 42.5 Å². The van der Waals surface area contributed by atoms with E-state index in [0.29, 0.717) is 17.7 Å². The van der Waals surface area contributed by atoms with Gasteiger partial charge in [0.25, 0.3) is 0 Å². The normalized spacial score (nSPS) is 9.89. The first kappa shape index (κ1) is 12.8. The van der Waals surface area contributed by atoms with Crippen LogP contribution in [0.15, 0.2) is 48.5 Å². The Bertz CT molecular complexity index is 594. The third-order valence-electron chi connectivity index (χ3n) is 2.79. The molecule has 0 radical (unpaired) electrons. The summed E-state index contributed by atoms with van der Waals surface area (Å²) in [6.45, 7) is 0. The number of nitrogens with one attached hydrogen (secondary N) is 1. The predicted octanol–water partition coefficient (Wildman–Crippen LogP) is 1.95. The van der Waals surface area contributed by atoms with Crippen LogP contribution in [-0.2, 0) is 16.0 Å². The molecule has 0 heterocycles. The first-order valence-corrected chi connectivity index (χ1v) is 5.87. The summed E-state index contributed by atoms with van der Waals surface area (Å²) >= 11 is 0. The quantitative estimate of drug-likeness (QED) is 0.800. The van der Waals surface area contributed by atoms with Crippen LogP contribution in [0, 0.1) is 0 Å². The molecule has 0 aromatic heterocycles. The summed E-state index contributed by atoms with van der Waals surface area (Å²) in [7, 11) is 0. The Kier molecular flexibility index (Phi) is 3.93. The maximum atomic E-state index is 11.1. The smallest absolute Gasteiger partial charge is 0.221 e. The number of carbonyl (C=O) groups excluding carboxylic acids is 2. The van der Waals surface area contributed by atoms with E-state index >= 15 is 0 Å². The van der Waals surface area contributed by atoms with E-state index in [1.54, 1.807) is 6.07 Å². The van der Waals surface area contributed by atoms with Gasteiger partial charge in [0, 0.05) is 5.69 Å². The molecule has 0 unspecified atom stereocenters. The molecule has 4 heteroatoms. The van der Waals surface area contributed by atoms with E-state index in [1.165, 1.54) is 0 Å². The Balaban J connectivity index is 2.42. The van der Waals surface area contributed by atoms with Gasteiger partial charge in [-0.25, -0.2) is 0 Å². The van der Waals surface area contributed by atoms with Crippen molar-refractivity contribution in [2.75, 3.05) is 5.32 Å². The van der Waals surface area contributed by atoms with E-state index in [9.17, 15) is 9.59 Å². The van der Waals surface area contributed by atoms with Crippen LogP contribution in [0.1, 0.15) is 5.56 Å². The average Bonchev–Trinajstić information content (AvgIpc) is 2.41. The van der Waals surface area contributed by atoms with E-state index in [-0.39, 0.29) is 6.42 Å². The van der Waals surface area contributed by atoms with Crippen LogP contribution in [0.5, 0.6) is 0 Å². The van der Waals surface area contributed by atoms with Gasteiger partial charge in [0.05, 0.1) is 6.42 Å². The van der Waals surface area contributed by atoms with E-state index in [0.717, 1.165) is 11.1 Å². The lowest BCUT2D eigenvalue weighted by atomic mass is 10.00. The molecule has 0 fully saturated rings. The lowest BCUT2D eigenvalue weighted by Crippen LogP contribution is -2.15. The van der Waals surface area contributed by atoms with E-state index in [2.05, 4.69) is 5.32 Å². The van der Waals surface area contributed by atoms with Gasteiger partial charge >= 0.3 is 0 Å². The van der Waals surface area contributed by atoms with Gasteiger partial charge in [-0.1, -0.05) is 36.4 Å². The van der Waals surface area contributed by atoms with Gasteiger partial charge in [-0.2, -0.15) is 0 Å². The molecule has 4 nitrogen and oxygen atoms in total. The Hall–Kier alpha value is -2.62. The number of anilines is 1. The van der Waals surface area contributed by atoms with Crippen LogP contribution in [0.4, 0.5) is 5.69 Å². The highest BCUT2D eigenvalue weighted by Gasteiger charge is 2.07. The second-order valence-corrected chi connectivity index (χ2v) is 4.14. The molecule has 19 heavy (non-hydrogen) atoms. The zero-order chi connectivity index (χ0) is 13.7. The van der Waals surface area contributed by atoms with Gasteiger partial charge in [0.1, 0.15) is 0 Å². The Morgan fingerprint density at radius 2 is 1.84 bits per heavy atom. The maximum Gasteiger partial charge on any atom is 0.221 e. The maximum absolute atomic E-state index is 11.1. The number of hydrogen-bond donors (Lipinski definition) is 2. The highest BCUT2D eigenvalue weighted by atomic mass is 16.1. The van der Waals surface area contributed by atoms with Gasteiger partial charge in [-0.15, -0.1) is 0 Å². The molecular formula is C15H14N2O2. The number of amides is 2. The fourth-order valence-corrected chi connectivity index (χ4v) is 1.94. The number of benzene rings is 2. The SMILES string of the molecule is NC(=O)Cc1cc(-c2ccccc2)ccc1NC=O. The molecule has 0 spiro atoms. The molecule has 0 aliphatic heterocycles. The molecule has 3 N–H and O–H groups in total. The van der Waals surface area contributed by atoms with E-state index in [4.69, 9.17) is 5.73 Å². The summed E-state index contributed by atoms with van der Waals surface area (Å²) < 4.78 is 0.